The molecule has 0 spiro atoms. The fourth-order valence-electron chi connectivity index (χ4n) is 3.12. The van der Waals surface area contributed by atoms with Crippen molar-refractivity contribution in [1.29, 1.82) is 0 Å². The first kappa shape index (κ1) is 26.6. The summed E-state index contributed by atoms with van der Waals surface area (Å²) in [5.41, 5.74) is 1.17. The first-order valence-corrected chi connectivity index (χ1v) is 24.5. The van der Waals surface area contributed by atoms with Gasteiger partial charge < -0.3 is 18.3 Å². The van der Waals surface area contributed by atoms with Gasteiger partial charge in [-0.2, -0.15) is 0 Å². The van der Waals surface area contributed by atoms with Crippen LogP contribution in [0.4, 0.5) is 0 Å². The van der Waals surface area contributed by atoms with Crippen LogP contribution in [0, 0.1) is 0 Å². The summed E-state index contributed by atoms with van der Waals surface area (Å²) in [6, 6.07) is 6.66. The van der Waals surface area contributed by atoms with Gasteiger partial charge in [-0.25, -0.2) is 0 Å². The number of benzene rings is 1. The van der Waals surface area contributed by atoms with E-state index in [2.05, 4.69) is 109 Å². The van der Waals surface area contributed by atoms with Crippen LogP contribution in [-0.4, -0.2) is 39.2 Å². The van der Waals surface area contributed by atoms with Gasteiger partial charge in [-0.15, -0.1) is 0 Å². The molecule has 2 atom stereocenters. The van der Waals surface area contributed by atoms with E-state index in [9.17, 15) is 0 Å². The van der Waals surface area contributed by atoms with Crippen LogP contribution in [-0.2, 0) is 4.43 Å². The second-order valence-corrected chi connectivity index (χ2v) is 30.1. The summed E-state index contributed by atoms with van der Waals surface area (Å²) < 4.78 is 19.5. The molecule has 0 radical (unpaired) electrons. The molecule has 2 unspecified atom stereocenters. The Hall–Kier alpha value is -0.392. The van der Waals surface area contributed by atoms with Crippen molar-refractivity contribution in [2.45, 2.75) is 97.6 Å². The zero-order valence-corrected chi connectivity index (χ0v) is 25.1. The highest BCUT2D eigenvalue weighted by Gasteiger charge is 2.31. The minimum Gasteiger partial charge on any atom is -0.542 e. The standard InChI is InChI=1S/C21H45NO3Si4/c1-17(22-26(2,3)4)21(25-29(11,12)13)18-14-15-19(23-27(5,6)7)20(16-18)24-28(8,9)10/h14-17,21-22H,1-13H3. The number of hydrogen-bond donors (Lipinski definition) is 1. The topological polar surface area (TPSA) is 39.7 Å². The van der Waals surface area contributed by atoms with Gasteiger partial charge in [0.05, 0.1) is 6.10 Å². The molecular weight excluding hydrogens is 427 g/mol. The Kier molecular flexibility index (Phi) is 8.63. The first-order valence-electron chi connectivity index (χ1n) is 10.7. The molecule has 29 heavy (non-hydrogen) atoms. The summed E-state index contributed by atoms with van der Waals surface area (Å²) in [7, 11) is -6.70. The molecule has 0 saturated heterocycles. The van der Waals surface area contributed by atoms with Crippen LogP contribution in [0.1, 0.15) is 18.6 Å². The maximum absolute atomic E-state index is 6.68. The summed E-state index contributed by atoms with van der Waals surface area (Å²) in [6.07, 6.45) is -0.00157. The zero-order chi connectivity index (χ0) is 22.8. The lowest BCUT2D eigenvalue weighted by Crippen LogP contribution is -2.50. The minimum atomic E-state index is -1.78. The van der Waals surface area contributed by atoms with Crippen molar-refractivity contribution < 1.29 is 13.3 Å². The molecule has 0 aliphatic rings. The van der Waals surface area contributed by atoms with Crippen molar-refractivity contribution in [3.05, 3.63) is 23.8 Å². The van der Waals surface area contributed by atoms with Crippen molar-refractivity contribution in [1.82, 2.24) is 4.98 Å². The van der Waals surface area contributed by atoms with Crippen molar-refractivity contribution in [3.63, 3.8) is 0 Å². The van der Waals surface area contributed by atoms with Crippen molar-refractivity contribution in [2.24, 2.45) is 0 Å². The molecule has 0 bridgehead atoms. The average Bonchev–Trinajstić information content (AvgIpc) is 2.41. The van der Waals surface area contributed by atoms with Crippen LogP contribution in [0.5, 0.6) is 11.5 Å². The smallest absolute Gasteiger partial charge is 0.242 e. The van der Waals surface area contributed by atoms with E-state index in [1.54, 1.807) is 0 Å². The fourth-order valence-corrected chi connectivity index (χ4v) is 7.39. The van der Waals surface area contributed by atoms with E-state index in [1.807, 2.05) is 0 Å². The zero-order valence-electron chi connectivity index (χ0n) is 21.1. The quantitative estimate of drug-likeness (QED) is 0.380. The van der Waals surface area contributed by atoms with E-state index >= 15 is 0 Å². The SMILES string of the molecule is CC(N[Si](C)(C)C)C(O[Si](C)(C)C)c1ccc(O[Si](C)(C)C)c(O[Si](C)(C)C)c1. The summed E-state index contributed by atoms with van der Waals surface area (Å²) in [6.45, 7) is 29.3. The van der Waals surface area contributed by atoms with Gasteiger partial charge in [-0.05, 0) is 83.5 Å². The lowest BCUT2D eigenvalue weighted by atomic mass is 10.0. The summed E-state index contributed by atoms with van der Waals surface area (Å²) in [5.74, 6) is 1.74. The fraction of sp³-hybridized carbons (Fsp3) is 0.714. The van der Waals surface area contributed by atoms with Crippen molar-refractivity contribution >= 4 is 33.2 Å². The van der Waals surface area contributed by atoms with Crippen LogP contribution >= 0.6 is 0 Å². The van der Waals surface area contributed by atoms with E-state index in [-0.39, 0.29) is 12.1 Å². The molecule has 8 heteroatoms. The predicted octanol–water partition coefficient (Wildman–Crippen LogP) is 6.82. The maximum Gasteiger partial charge on any atom is 0.242 e. The molecule has 0 saturated carbocycles. The lowest BCUT2D eigenvalue weighted by molar-refractivity contribution is 0.164. The van der Waals surface area contributed by atoms with Crippen molar-refractivity contribution in [3.8, 4) is 11.5 Å². The van der Waals surface area contributed by atoms with Crippen molar-refractivity contribution in [2.75, 3.05) is 0 Å². The highest BCUT2D eigenvalue weighted by Crippen LogP contribution is 2.37. The van der Waals surface area contributed by atoms with E-state index in [1.165, 1.54) is 5.56 Å². The van der Waals surface area contributed by atoms with Crippen LogP contribution in [0.25, 0.3) is 0 Å². The van der Waals surface area contributed by atoms with Crippen LogP contribution in [0.15, 0.2) is 18.2 Å². The van der Waals surface area contributed by atoms with Gasteiger partial charge in [0, 0.05) is 6.04 Å². The second-order valence-electron chi connectivity index (χ2n) is 12.0. The molecule has 0 fully saturated rings. The second kappa shape index (κ2) is 9.40. The third-order valence-corrected chi connectivity index (χ3v) is 7.67. The molecular formula is C21H45NO3Si4. The molecule has 1 aromatic rings. The van der Waals surface area contributed by atoms with Gasteiger partial charge in [0.25, 0.3) is 0 Å². The Balaban J connectivity index is 3.41. The number of nitrogens with one attached hydrogen (secondary N) is 1. The van der Waals surface area contributed by atoms with E-state index in [0.29, 0.717) is 0 Å². The maximum atomic E-state index is 6.68. The van der Waals surface area contributed by atoms with Crippen LogP contribution in [0.2, 0.25) is 78.6 Å². The van der Waals surface area contributed by atoms with Gasteiger partial charge in [0.2, 0.25) is 16.6 Å². The molecule has 1 N–H and O–H groups in total. The third kappa shape index (κ3) is 11.0. The third-order valence-electron chi connectivity index (χ3n) is 3.72. The molecule has 0 aliphatic carbocycles. The molecule has 0 aliphatic heterocycles. The van der Waals surface area contributed by atoms with E-state index < -0.39 is 33.2 Å². The first-order chi connectivity index (χ1) is 12.8. The summed E-state index contributed by atoms with van der Waals surface area (Å²) >= 11 is 0. The largest absolute Gasteiger partial charge is 0.542 e. The summed E-state index contributed by atoms with van der Waals surface area (Å²) in [4.78, 5) is 3.84. The Morgan fingerprint density at radius 1 is 0.690 bits per heavy atom. The van der Waals surface area contributed by atoms with Gasteiger partial charge >= 0.3 is 0 Å². The Bertz CT molecular complexity index is 670. The average molecular weight is 472 g/mol. The predicted molar refractivity (Wildman–Crippen MR) is 138 cm³/mol. The highest BCUT2D eigenvalue weighted by atomic mass is 28.4. The van der Waals surface area contributed by atoms with E-state index in [4.69, 9.17) is 13.3 Å². The minimum absolute atomic E-state index is 0.00157. The Labute approximate surface area is 184 Å². The molecule has 168 valence electrons. The normalized spacial score (nSPS) is 15.8. The molecule has 1 rings (SSSR count). The highest BCUT2D eigenvalue weighted by molar-refractivity contribution is 6.73. The number of rotatable bonds is 10. The monoisotopic (exact) mass is 471 g/mol. The number of hydrogen-bond acceptors (Lipinski definition) is 4. The van der Waals surface area contributed by atoms with E-state index in [0.717, 1.165) is 11.5 Å². The molecule has 1 aromatic carbocycles. The molecule has 4 nitrogen and oxygen atoms in total. The molecule has 0 amide bonds. The van der Waals surface area contributed by atoms with Crippen LogP contribution < -0.4 is 13.8 Å². The molecule has 0 aromatic heterocycles. The van der Waals surface area contributed by atoms with Crippen LogP contribution in [0.3, 0.4) is 0 Å². The van der Waals surface area contributed by atoms with Gasteiger partial charge in [0.15, 0.2) is 8.32 Å². The van der Waals surface area contributed by atoms with Gasteiger partial charge in [-0.1, -0.05) is 25.7 Å². The van der Waals surface area contributed by atoms with Gasteiger partial charge in [-0.3, -0.25) is 0 Å². The molecule has 0 heterocycles. The Morgan fingerprint density at radius 3 is 1.59 bits per heavy atom. The lowest BCUT2D eigenvalue weighted by Gasteiger charge is -2.36. The van der Waals surface area contributed by atoms with Gasteiger partial charge in [0.1, 0.15) is 19.7 Å². The summed E-state index contributed by atoms with van der Waals surface area (Å²) in [5, 5.41) is 0. The Morgan fingerprint density at radius 2 is 1.17 bits per heavy atom.